The molecule has 0 aromatic heterocycles. The molecule has 0 rings (SSSR count). The molecule has 0 aromatic carbocycles. The average molecular weight is 1100 g/mol. The smallest absolute Gasteiger partial charge is 0.305 e. The van der Waals surface area contributed by atoms with Crippen molar-refractivity contribution in [1.82, 2.24) is 5.32 Å². The van der Waals surface area contributed by atoms with Gasteiger partial charge in [-0.3, -0.25) is 9.59 Å². The number of esters is 1. The first-order chi connectivity index (χ1) is 38.5. The van der Waals surface area contributed by atoms with Crippen LogP contribution in [0, 0.1) is 0 Å². The zero-order chi connectivity index (χ0) is 56.4. The number of hydrogen-bond acceptors (Lipinski definition) is 5. The van der Waals surface area contributed by atoms with Gasteiger partial charge in [-0.25, -0.2) is 0 Å². The van der Waals surface area contributed by atoms with Crippen molar-refractivity contribution in [1.29, 1.82) is 0 Å². The Morgan fingerprint density at radius 1 is 0.346 bits per heavy atom. The summed E-state index contributed by atoms with van der Waals surface area (Å²) in [6, 6.07) is -0.620. The van der Waals surface area contributed by atoms with Crippen LogP contribution in [0.5, 0.6) is 0 Å². The molecule has 0 aromatic rings. The van der Waals surface area contributed by atoms with Crippen LogP contribution in [0.15, 0.2) is 12.2 Å². The predicted molar refractivity (Wildman–Crippen MR) is 343 cm³/mol. The van der Waals surface area contributed by atoms with E-state index < -0.39 is 12.1 Å². The molecule has 0 aliphatic heterocycles. The van der Waals surface area contributed by atoms with Crippen LogP contribution in [0.25, 0.3) is 0 Å². The third kappa shape index (κ3) is 63.8. The van der Waals surface area contributed by atoms with Crippen LogP contribution in [-0.2, 0) is 14.3 Å². The Bertz CT molecular complexity index is 1180. The van der Waals surface area contributed by atoms with Crippen LogP contribution in [0.4, 0.5) is 0 Å². The molecule has 0 spiro atoms. The second-order valence-electron chi connectivity index (χ2n) is 24.9. The van der Waals surface area contributed by atoms with Crippen molar-refractivity contribution in [3.63, 3.8) is 0 Å². The summed E-state index contributed by atoms with van der Waals surface area (Å²) in [6.45, 7) is 4.91. The number of hydrogen-bond donors (Lipinski definition) is 3. The van der Waals surface area contributed by atoms with E-state index in [4.69, 9.17) is 4.74 Å². The predicted octanol–water partition coefficient (Wildman–Crippen LogP) is 23.1. The minimum absolute atomic E-state index is 0.0261. The van der Waals surface area contributed by atoms with Gasteiger partial charge in [-0.05, 0) is 32.1 Å². The molecule has 2 unspecified atom stereocenters. The lowest BCUT2D eigenvalue weighted by Crippen LogP contribution is -2.45. The van der Waals surface area contributed by atoms with E-state index >= 15 is 0 Å². The number of allylic oxidation sites excluding steroid dienone is 1. The third-order valence-electron chi connectivity index (χ3n) is 17.1. The summed E-state index contributed by atoms with van der Waals surface area (Å²) in [6.07, 6.45) is 84.8. The molecule has 0 heterocycles. The van der Waals surface area contributed by atoms with E-state index in [0.717, 1.165) is 38.5 Å². The van der Waals surface area contributed by atoms with E-state index in [2.05, 4.69) is 19.2 Å². The van der Waals surface area contributed by atoms with E-state index in [-0.39, 0.29) is 18.5 Å². The summed E-state index contributed by atoms with van der Waals surface area (Å²) in [7, 11) is 0. The number of unbranched alkanes of at least 4 members (excludes halogenated alkanes) is 57. The van der Waals surface area contributed by atoms with Crippen LogP contribution in [0.2, 0.25) is 0 Å². The molecular weight excluding hydrogens is 959 g/mol. The number of aliphatic hydroxyl groups excluding tert-OH is 2. The third-order valence-corrected chi connectivity index (χ3v) is 17.1. The molecule has 464 valence electrons. The summed E-state index contributed by atoms with van der Waals surface area (Å²) in [5.41, 5.74) is 0. The second-order valence-corrected chi connectivity index (χ2v) is 24.9. The Balaban J connectivity index is 3.25. The zero-order valence-electron chi connectivity index (χ0n) is 53.2. The number of nitrogens with one attached hydrogen (secondary N) is 1. The first-order valence-corrected chi connectivity index (χ1v) is 36.0. The Morgan fingerprint density at radius 3 is 0.872 bits per heavy atom. The minimum Gasteiger partial charge on any atom is -0.466 e. The Hall–Kier alpha value is -1.40. The SMILES string of the molecule is CCCCCCCCC/C=C/C(O)C(CO)NC(=O)CCCCCCCCCCCCCCCCCCCCCCCCCCCCCCCCCCCCCCCCCOC(=O)CCCCCCCCCCCCCCC. The highest BCUT2D eigenvalue weighted by Gasteiger charge is 2.18. The quantitative estimate of drug-likeness (QED) is 0.0320. The van der Waals surface area contributed by atoms with Crippen molar-refractivity contribution >= 4 is 11.9 Å². The molecule has 0 radical (unpaired) electrons. The molecule has 1 amide bonds. The standard InChI is InChI=1S/C72H141NO5/c1-3-5-7-9-11-13-14-42-46-50-54-58-62-66-72(77)78-67-63-59-55-51-47-44-41-39-37-35-33-31-29-27-25-23-21-19-17-15-16-18-20-22-24-26-28-30-32-34-36-38-40-43-45-49-53-57-61-65-71(76)73-69(68-74)70(75)64-60-56-52-48-12-10-8-6-4-2/h60,64,69-70,74-75H,3-59,61-63,65-68H2,1-2H3,(H,73,76)/b64-60+. The fraction of sp³-hybridized carbons (Fsp3) is 0.944. The Labute approximate surface area is 489 Å². The summed E-state index contributed by atoms with van der Waals surface area (Å²) < 4.78 is 5.49. The van der Waals surface area contributed by atoms with E-state index in [1.807, 2.05) is 6.08 Å². The lowest BCUT2D eigenvalue weighted by molar-refractivity contribution is -0.143. The van der Waals surface area contributed by atoms with E-state index in [9.17, 15) is 19.8 Å². The molecule has 0 saturated carbocycles. The van der Waals surface area contributed by atoms with Gasteiger partial charge in [-0.2, -0.15) is 0 Å². The second kappa shape index (κ2) is 68.1. The molecule has 2 atom stereocenters. The minimum atomic E-state index is -0.837. The maximum Gasteiger partial charge on any atom is 0.305 e. The maximum atomic E-state index is 12.4. The molecule has 0 bridgehead atoms. The number of ether oxygens (including phenoxy) is 1. The molecule has 0 saturated heterocycles. The van der Waals surface area contributed by atoms with Gasteiger partial charge < -0.3 is 20.3 Å². The van der Waals surface area contributed by atoms with Crippen LogP contribution in [0.1, 0.15) is 412 Å². The van der Waals surface area contributed by atoms with Crippen molar-refractivity contribution < 1.29 is 24.5 Å². The van der Waals surface area contributed by atoms with E-state index in [1.165, 1.54) is 347 Å². The summed E-state index contributed by atoms with van der Waals surface area (Å²) >= 11 is 0. The number of aliphatic hydroxyl groups is 2. The zero-order valence-corrected chi connectivity index (χ0v) is 53.2. The number of carbonyl (C=O) groups is 2. The topological polar surface area (TPSA) is 95.9 Å². The summed E-state index contributed by atoms with van der Waals surface area (Å²) in [5.74, 6) is -0.0365. The van der Waals surface area contributed by atoms with Gasteiger partial charge in [0.1, 0.15) is 0 Å². The van der Waals surface area contributed by atoms with Gasteiger partial charge in [0, 0.05) is 12.8 Å². The number of amides is 1. The molecule has 0 fully saturated rings. The normalized spacial score (nSPS) is 12.5. The fourth-order valence-electron chi connectivity index (χ4n) is 11.6. The van der Waals surface area contributed by atoms with Crippen LogP contribution >= 0.6 is 0 Å². The highest BCUT2D eigenvalue weighted by atomic mass is 16.5. The van der Waals surface area contributed by atoms with Crippen molar-refractivity contribution in [3.05, 3.63) is 12.2 Å². The number of rotatable bonds is 68. The fourth-order valence-corrected chi connectivity index (χ4v) is 11.6. The highest BCUT2D eigenvalue weighted by Crippen LogP contribution is 2.19. The molecule has 6 heteroatoms. The van der Waals surface area contributed by atoms with Crippen molar-refractivity contribution in [2.45, 2.75) is 424 Å². The monoisotopic (exact) mass is 1100 g/mol. The Morgan fingerprint density at radius 2 is 0.590 bits per heavy atom. The molecular formula is C72H141NO5. The lowest BCUT2D eigenvalue weighted by Gasteiger charge is -2.20. The summed E-state index contributed by atoms with van der Waals surface area (Å²) in [4.78, 5) is 24.5. The van der Waals surface area contributed by atoms with E-state index in [0.29, 0.717) is 19.4 Å². The molecule has 6 nitrogen and oxygen atoms in total. The van der Waals surface area contributed by atoms with Crippen molar-refractivity contribution in [2.24, 2.45) is 0 Å². The van der Waals surface area contributed by atoms with Gasteiger partial charge in [0.2, 0.25) is 5.91 Å². The maximum absolute atomic E-state index is 12.4. The molecule has 78 heavy (non-hydrogen) atoms. The van der Waals surface area contributed by atoms with Gasteiger partial charge in [0.05, 0.1) is 25.4 Å². The lowest BCUT2D eigenvalue weighted by atomic mass is 10.0. The van der Waals surface area contributed by atoms with Crippen molar-refractivity contribution in [2.75, 3.05) is 13.2 Å². The average Bonchev–Trinajstić information content (AvgIpc) is 3.44. The summed E-state index contributed by atoms with van der Waals surface area (Å²) in [5, 5.41) is 23.0. The molecule has 0 aliphatic rings. The molecule has 0 aliphatic carbocycles. The largest absolute Gasteiger partial charge is 0.466 e. The highest BCUT2D eigenvalue weighted by molar-refractivity contribution is 5.76. The number of carbonyl (C=O) groups excluding carboxylic acids is 2. The van der Waals surface area contributed by atoms with Crippen LogP contribution in [0.3, 0.4) is 0 Å². The first kappa shape index (κ1) is 76.6. The van der Waals surface area contributed by atoms with Gasteiger partial charge in [-0.1, -0.05) is 379 Å². The van der Waals surface area contributed by atoms with Gasteiger partial charge in [-0.15, -0.1) is 0 Å². The van der Waals surface area contributed by atoms with Crippen LogP contribution < -0.4 is 5.32 Å². The van der Waals surface area contributed by atoms with Crippen LogP contribution in [-0.4, -0.2) is 47.4 Å². The van der Waals surface area contributed by atoms with E-state index in [1.54, 1.807) is 6.08 Å². The molecule has 3 N–H and O–H groups in total. The van der Waals surface area contributed by atoms with Gasteiger partial charge in [0.15, 0.2) is 0 Å². The van der Waals surface area contributed by atoms with Gasteiger partial charge >= 0.3 is 5.97 Å². The Kier molecular flexibility index (Phi) is 66.9. The first-order valence-electron chi connectivity index (χ1n) is 36.0. The van der Waals surface area contributed by atoms with Gasteiger partial charge in [0.25, 0.3) is 0 Å². The van der Waals surface area contributed by atoms with Crippen molar-refractivity contribution in [3.8, 4) is 0 Å².